The summed E-state index contributed by atoms with van der Waals surface area (Å²) in [5, 5.41) is 0. The predicted molar refractivity (Wildman–Crippen MR) is 215 cm³/mol. The molecule has 12 nitrogen and oxygen atoms in total. The SMILES string of the molecule is CCOP(=O)(Cc1cnc(CC(=O)[C@H](CC2CC=CC2)c2ccc(S(C)(=O)=O)cc2)cn1)OCC.COC(=O)[C@H](CC1CC=CC1)c1ccc(S(C)(=O)=O)cc1. The predicted octanol–water partition coefficient (Wildman–Crippen LogP) is 7.60. The van der Waals surface area contributed by atoms with Gasteiger partial charge in [0, 0.05) is 30.8 Å². The second kappa shape index (κ2) is 20.6. The molecule has 0 saturated heterocycles. The van der Waals surface area contributed by atoms with Crippen LogP contribution in [0.5, 0.6) is 0 Å². The molecule has 2 aromatic carbocycles. The van der Waals surface area contributed by atoms with Crippen molar-refractivity contribution in [3.8, 4) is 0 Å². The lowest BCUT2D eigenvalue weighted by Gasteiger charge is -2.20. The van der Waals surface area contributed by atoms with Crippen molar-refractivity contribution in [1.29, 1.82) is 0 Å². The summed E-state index contributed by atoms with van der Waals surface area (Å²) in [5.41, 5.74) is 2.59. The van der Waals surface area contributed by atoms with Gasteiger partial charge >= 0.3 is 13.6 Å². The quantitative estimate of drug-likeness (QED) is 0.0699. The van der Waals surface area contributed by atoms with Crippen LogP contribution in [0.4, 0.5) is 0 Å². The Morgan fingerprint density at radius 1 is 0.696 bits per heavy atom. The summed E-state index contributed by atoms with van der Waals surface area (Å²) >= 11 is 0. The van der Waals surface area contributed by atoms with Crippen molar-refractivity contribution in [1.82, 2.24) is 9.97 Å². The van der Waals surface area contributed by atoms with Crippen molar-refractivity contribution >= 4 is 39.0 Å². The monoisotopic (exact) mass is 828 g/mol. The molecule has 1 heterocycles. The number of hydrogen-bond acceptors (Lipinski definition) is 12. The Balaban J connectivity index is 0.000000282. The lowest BCUT2D eigenvalue weighted by Crippen LogP contribution is -2.19. The number of hydrogen-bond donors (Lipinski definition) is 0. The standard InChI is InChI=1S/C25H33N2O6PS.C16H20O4S/c1-4-32-34(29,33-5-2)18-22-17-26-21(16-27-22)15-25(28)24(14-19-8-6-7-9-19)20-10-12-23(13-11-20)35(3,30)31;1-20-16(17)15(11-12-5-3-4-6-12)13-7-9-14(10-8-13)21(2,18)19/h6-7,10-13,16-17,19,24H,4-5,8-9,14-15,18H2,1-3H3;3-4,7-10,12,15H,5-6,11H2,1-2H3/t24-;15-/m11/s1. The zero-order valence-corrected chi connectivity index (χ0v) is 35.2. The van der Waals surface area contributed by atoms with Gasteiger partial charge in [0.1, 0.15) is 5.78 Å². The number of Topliss-reactive ketones (excluding diaryl/α,β-unsaturated/α-hetero) is 1. The number of aromatic nitrogens is 2. The molecule has 56 heavy (non-hydrogen) atoms. The minimum atomic E-state index is -3.31. The van der Waals surface area contributed by atoms with E-state index >= 15 is 0 Å². The van der Waals surface area contributed by atoms with E-state index in [1.165, 1.54) is 32.0 Å². The molecule has 3 aromatic rings. The van der Waals surface area contributed by atoms with Gasteiger partial charge < -0.3 is 13.8 Å². The molecule has 15 heteroatoms. The van der Waals surface area contributed by atoms with E-state index in [1.54, 1.807) is 62.4 Å². The molecular formula is C41H53N2O10PS2. The Labute approximate surface area is 331 Å². The molecule has 0 N–H and O–H groups in total. The van der Waals surface area contributed by atoms with E-state index in [-0.39, 0.29) is 59.2 Å². The number of carbonyl (C=O) groups excluding carboxylic acids is 2. The van der Waals surface area contributed by atoms with Gasteiger partial charge in [0.05, 0.1) is 60.0 Å². The van der Waals surface area contributed by atoms with Gasteiger partial charge in [-0.15, -0.1) is 0 Å². The summed E-state index contributed by atoms with van der Waals surface area (Å²) in [6, 6.07) is 13.1. The number of carbonyl (C=O) groups is 2. The molecular weight excluding hydrogens is 776 g/mol. The summed E-state index contributed by atoms with van der Waals surface area (Å²) in [6.45, 7) is 4.03. The van der Waals surface area contributed by atoms with E-state index in [4.69, 9.17) is 13.8 Å². The van der Waals surface area contributed by atoms with E-state index in [0.717, 1.165) is 43.2 Å². The second-order valence-corrected chi connectivity index (χ2v) is 20.2. The van der Waals surface area contributed by atoms with Crippen molar-refractivity contribution in [2.75, 3.05) is 32.8 Å². The van der Waals surface area contributed by atoms with E-state index in [0.29, 0.717) is 29.6 Å². The van der Waals surface area contributed by atoms with Gasteiger partial charge in [0.15, 0.2) is 19.7 Å². The lowest BCUT2D eigenvalue weighted by molar-refractivity contribution is -0.142. The zero-order chi connectivity index (χ0) is 40.9. The smallest absolute Gasteiger partial charge is 0.336 e. The van der Waals surface area contributed by atoms with Crippen LogP contribution in [0.25, 0.3) is 0 Å². The first-order valence-corrected chi connectivity index (χ1v) is 24.2. The first-order chi connectivity index (χ1) is 26.5. The fourth-order valence-electron chi connectivity index (χ4n) is 6.83. The summed E-state index contributed by atoms with van der Waals surface area (Å²) in [5.74, 6) is -0.157. The number of sulfone groups is 2. The number of esters is 1. The van der Waals surface area contributed by atoms with E-state index in [2.05, 4.69) is 34.3 Å². The number of ketones is 1. The molecule has 0 unspecified atom stereocenters. The van der Waals surface area contributed by atoms with Crippen LogP contribution in [0.2, 0.25) is 0 Å². The van der Waals surface area contributed by atoms with Crippen LogP contribution in [0.3, 0.4) is 0 Å². The van der Waals surface area contributed by atoms with Crippen LogP contribution in [0.1, 0.15) is 86.7 Å². The highest BCUT2D eigenvalue weighted by atomic mass is 32.2. The van der Waals surface area contributed by atoms with Gasteiger partial charge in [0.2, 0.25) is 0 Å². The van der Waals surface area contributed by atoms with Crippen LogP contribution in [-0.2, 0) is 60.2 Å². The second-order valence-electron chi connectivity index (χ2n) is 14.1. The molecule has 2 aliphatic rings. The first-order valence-electron chi connectivity index (χ1n) is 18.7. The summed E-state index contributed by atoms with van der Waals surface area (Å²) in [7, 11) is -8.44. The van der Waals surface area contributed by atoms with Crippen LogP contribution in [0, 0.1) is 11.8 Å². The van der Waals surface area contributed by atoms with Crippen molar-refractivity contribution in [2.24, 2.45) is 11.8 Å². The van der Waals surface area contributed by atoms with Gasteiger partial charge in [-0.2, -0.15) is 0 Å². The number of nitrogens with zero attached hydrogens (tertiary/aromatic N) is 2. The maximum atomic E-state index is 13.4. The number of ether oxygens (including phenoxy) is 1. The van der Waals surface area contributed by atoms with Gasteiger partial charge in [-0.05, 0) is 99.6 Å². The Morgan fingerprint density at radius 2 is 1.11 bits per heavy atom. The fraction of sp³-hybridized carbons (Fsp3) is 0.463. The highest BCUT2D eigenvalue weighted by Gasteiger charge is 2.29. The van der Waals surface area contributed by atoms with Crippen molar-refractivity contribution in [3.05, 3.63) is 108 Å². The Hall–Kier alpha value is -3.81. The van der Waals surface area contributed by atoms with E-state index < -0.39 is 27.3 Å². The first kappa shape index (κ1) is 44.9. The Kier molecular flexibility index (Phi) is 16.5. The van der Waals surface area contributed by atoms with E-state index in [1.807, 2.05) is 0 Å². The largest absolute Gasteiger partial charge is 0.469 e. The highest BCUT2D eigenvalue weighted by Crippen LogP contribution is 2.50. The molecule has 0 spiro atoms. The number of rotatable bonds is 18. The average molecular weight is 829 g/mol. The molecule has 5 rings (SSSR count). The molecule has 0 amide bonds. The number of benzene rings is 2. The fourth-order valence-corrected chi connectivity index (χ4v) is 9.70. The minimum Gasteiger partial charge on any atom is -0.469 e. The molecule has 2 aliphatic carbocycles. The minimum absolute atomic E-state index is 0.000333. The van der Waals surface area contributed by atoms with Crippen molar-refractivity contribution in [3.63, 3.8) is 0 Å². The molecule has 1 aromatic heterocycles. The number of allylic oxidation sites excluding steroid dienone is 4. The molecule has 0 saturated carbocycles. The molecule has 0 fully saturated rings. The Morgan fingerprint density at radius 3 is 1.50 bits per heavy atom. The van der Waals surface area contributed by atoms with Crippen LogP contribution < -0.4 is 0 Å². The zero-order valence-electron chi connectivity index (χ0n) is 32.7. The lowest BCUT2D eigenvalue weighted by atomic mass is 9.83. The van der Waals surface area contributed by atoms with Gasteiger partial charge in [-0.25, -0.2) is 16.8 Å². The van der Waals surface area contributed by atoms with Gasteiger partial charge in [0.25, 0.3) is 0 Å². The third-order valence-electron chi connectivity index (χ3n) is 9.77. The average Bonchev–Trinajstić information content (AvgIpc) is 3.88. The maximum absolute atomic E-state index is 13.4. The van der Waals surface area contributed by atoms with Crippen LogP contribution in [-0.4, -0.2) is 71.4 Å². The molecule has 0 aliphatic heterocycles. The highest BCUT2D eigenvalue weighted by molar-refractivity contribution is 7.91. The van der Waals surface area contributed by atoms with Crippen molar-refractivity contribution < 1.29 is 44.8 Å². The summed E-state index contributed by atoms with van der Waals surface area (Å²) < 4.78 is 74.9. The maximum Gasteiger partial charge on any atom is 0.336 e. The van der Waals surface area contributed by atoms with Crippen LogP contribution in [0.15, 0.2) is 95.0 Å². The molecule has 0 radical (unpaired) electrons. The molecule has 2 atom stereocenters. The van der Waals surface area contributed by atoms with Crippen LogP contribution >= 0.6 is 7.60 Å². The molecule has 304 valence electrons. The third-order valence-corrected chi connectivity index (χ3v) is 14.0. The Bertz CT molecular complexity index is 2080. The van der Waals surface area contributed by atoms with Gasteiger partial charge in [-0.3, -0.25) is 24.1 Å². The summed E-state index contributed by atoms with van der Waals surface area (Å²) in [4.78, 5) is 34.6. The van der Waals surface area contributed by atoms with Gasteiger partial charge in [-0.1, -0.05) is 48.6 Å². The topological polar surface area (TPSA) is 173 Å². The normalized spacial score (nSPS) is 15.9. The third kappa shape index (κ3) is 13.4. The van der Waals surface area contributed by atoms with Crippen molar-refractivity contribution in [2.45, 2.75) is 86.6 Å². The number of methoxy groups -OCH3 is 1. The van der Waals surface area contributed by atoms with E-state index in [9.17, 15) is 31.0 Å². The molecule has 0 bridgehead atoms. The summed E-state index contributed by atoms with van der Waals surface area (Å²) in [6.07, 6.45) is 19.2.